The zero-order valence-electron chi connectivity index (χ0n) is 14.8. The normalized spacial score (nSPS) is 18.1. The quantitative estimate of drug-likeness (QED) is 0.546. The highest BCUT2D eigenvalue weighted by Gasteiger charge is 2.26. The Morgan fingerprint density at radius 3 is 2.18 bits per heavy atom. The van der Waals surface area contributed by atoms with E-state index in [1.54, 1.807) is 0 Å². The van der Waals surface area contributed by atoms with E-state index in [0.29, 0.717) is 12.5 Å². The molecule has 22 heavy (non-hydrogen) atoms. The number of aliphatic carboxylic acids is 1. The van der Waals surface area contributed by atoms with E-state index in [-0.39, 0.29) is 30.1 Å². The zero-order chi connectivity index (χ0) is 17.3. The molecule has 0 saturated heterocycles. The molecular formula is C17H34N2O3. The number of carbonyl (C=O) groups excluding carboxylic acids is 1. The van der Waals surface area contributed by atoms with Gasteiger partial charge in [0.1, 0.15) is 0 Å². The highest BCUT2D eigenvalue weighted by molar-refractivity contribution is 5.81. The van der Waals surface area contributed by atoms with Gasteiger partial charge in [0, 0.05) is 6.54 Å². The molecule has 0 rings (SSSR count). The van der Waals surface area contributed by atoms with Crippen LogP contribution in [0.15, 0.2) is 0 Å². The van der Waals surface area contributed by atoms with Gasteiger partial charge in [0.15, 0.2) is 0 Å². The van der Waals surface area contributed by atoms with Crippen LogP contribution in [-0.2, 0) is 9.59 Å². The molecule has 0 aromatic heterocycles. The summed E-state index contributed by atoms with van der Waals surface area (Å²) >= 11 is 0. The van der Waals surface area contributed by atoms with E-state index in [4.69, 9.17) is 10.8 Å². The van der Waals surface area contributed by atoms with Crippen molar-refractivity contribution in [1.29, 1.82) is 0 Å². The molecule has 5 heteroatoms. The van der Waals surface area contributed by atoms with Crippen molar-refractivity contribution in [3.05, 3.63) is 0 Å². The molecule has 0 aliphatic heterocycles. The molecule has 1 amide bonds. The summed E-state index contributed by atoms with van der Waals surface area (Å²) in [6, 6.07) is -0.529. The maximum absolute atomic E-state index is 12.1. The Bertz CT molecular complexity index is 347. The van der Waals surface area contributed by atoms with Crippen molar-refractivity contribution >= 4 is 11.9 Å². The third-order valence-corrected chi connectivity index (χ3v) is 4.92. The topological polar surface area (TPSA) is 92.4 Å². The predicted octanol–water partition coefficient (Wildman–Crippen LogP) is 2.64. The first kappa shape index (κ1) is 20.9. The molecule has 0 saturated carbocycles. The standard InChI is InChI=1S/C17H34N2O3/c1-6-8-12(4)13(5)14(9-15(20)21)10-19-17(22)16(18)11(3)7-2/h11-14,16H,6-10,18H2,1-5H3,(H,19,22)(H,20,21)/t11?,12?,13?,14?,16-/m0/s1. The van der Waals surface area contributed by atoms with E-state index >= 15 is 0 Å². The molecule has 0 aliphatic carbocycles. The van der Waals surface area contributed by atoms with Crippen LogP contribution in [0.1, 0.15) is 60.3 Å². The molecule has 0 spiro atoms. The SMILES string of the molecule is CCCC(C)C(C)C(CNC(=O)[C@@H](N)C(C)CC)CC(=O)O. The van der Waals surface area contributed by atoms with Crippen molar-refractivity contribution in [2.24, 2.45) is 29.4 Å². The fourth-order valence-electron chi connectivity index (χ4n) is 2.71. The second-order valence-electron chi connectivity index (χ2n) is 6.64. The summed E-state index contributed by atoms with van der Waals surface area (Å²) in [4.78, 5) is 23.2. The largest absolute Gasteiger partial charge is 0.481 e. The number of carbonyl (C=O) groups is 2. The third kappa shape index (κ3) is 7.25. The van der Waals surface area contributed by atoms with Gasteiger partial charge in [-0.05, 0) is 23.7 Å². The van der Waals surface area contributed by atoms with Crippen LogP contribution in [0.2, 0.25) is 0 Å². The highest BCUT2D eigenvalue weighted by Crippen LogP contribution is 2.26. The molecule has 0 aliphatic rings. The molecule has 0 fully saturated rings. The van der Waals surface area contributed by atoms with E-state index in [1.807, 2.05) is 13.8 Å². The van der Waals surface area contributed by atoms with Crippen LogP contribution in [0.25, 0.3) is 0 Å². The average Bonchev–Trinajstić information content (AvgIpc) is 2.48. The van der Waals surface area contributed by atoms with Gasteiger partial charge in [0.05, 0.1) is 12.5 Å². The summed E-state index contributed by atoms with van der Waals surface area (Å²) in [5.74, 6) is -0.256. The number of amides is 1. The monoisotopic (exact) mass is 314 g/mol. The van der Waals surface area contributed by atoms with Crippen LogP contribution >= 0.6 is 0 Å². The van der Waals surface area contributed by atoms with Crippen molar-refractivity contribution in [2.45, 2.75) is 66.3 Å². The molecule has 5 atom stereocenters. The van der Waals surface area contributed by atoms with Gasteiger partial charge in [-0.3, -0.25) is 9.59 Å². The van der Waals surface area contributed by atoms with Gasteiger partial charge in [-0.1, -0.05) is 53.9 Å². The summed E-state index contributed by atoms with van der Waals surface area (Å²) in [5.41, 5.74) is 5.91. The zero-order valence-corrected chi connectivity index (χ0v) is 14.8. The van der Waals surface area contributed by atoms with E-state index in [1.165, 1.54) is 0 Å². The lowest BCUT2D eigenvalue weighted by molar-refractivity contribution is -0.139. The average molecular weight is 314 g/mol. The lowest BCUT2D eigenvalue weighted by Gasteiger charge is -2.29. The minimum Gasteiger partial charge on any atom is -0.481 e. The Labute approximate surface area is 135 Å². The van der Waals surface area contributed by atoms with Gasteiger partial charge in [-0.15, -0.1) is 0 Å². The molecular weight excluding hydrogens is 280 g/mol. The fourth-order valence-corrected chi connectivity index (χ4v) is 2.71. The van der Waals surface area contributed by atoms with E-state index < -0.39 is 12.0 Å². The van der Waals surface area contributed by atoms with E-state index in [0.717, 1.165) is 19.3 Å². The summed E-state index contributed by atoms with van der Waals surface area (Å²) < 4.78 is 0. The molecule has 4 N–H and O–H groups in total. The van der Waals surface area contributed by atoms with Crippen LogP contribution in [0, 0.1) is 23.7 Å². The minimum atomic E-state index is -0.818. The molecule has 0 aromatic carbocycles. The first-order valence-corrected chi connectivity index (χ1v) is 8.49. The lowest BCUT2D eigenvalue weighted by Crippen LogP contribution is -2.46. The molecule has 0 aromatic rings. The molecule has 5 nitrogen and oxygen atoms in total. The predicted molar refractivity (Wildman–Crippen MR) is 89.4 cm³/mol. The van der Waals surface area contributed by atoms with Crippen molar-refractivity contribution in [3.8, 4) is 0 Å². The fraction of sp³-hybridized carbons (Fsp3) is 0.882. The first-order valence-electron chi connectivity index (χ1n) is 8.49. The second-order valence-corrected chi connectivity index (χ2v) is 6.64. The van der Waals surface area contributed by atoms with Gasteiger partial charge in [-0.25, -0.2) is 0 Å². The molecule has 0 radical (unpaired) electrons. The molecule has 4 unspecified atom stereocenters. The molecule has 0 heterocycles. The number of carboxylic acid groups (broad SMARTS) is 1. The second kappa shape index (κ2) is 10.6. The van der Waals surface area contributed by atoms with Crippen LogP contribution in [0.3, 0.4) is 0 Å². The van der Waals surface area contributed by atoms with Crippen molar-refractivity contribution in [2.75, 3.05) is 6.54 Å². The Morgan fingerprint density at radius 2 is 1.73 bits per heavy atom. The van der Waals surface area contributed by atoms with Crippen molar-refractivity contribution < 1.29 is 14.7 Å². The Balaban J connectivity index is 4.66. The first-order chi connectivity index (χ1) is 10.2. The van der Waals surface area contributed by atoms with Crippen LogP contribution in [0.4, 0.5) is 0 Å². The summed E-state index contributed by atoms with van der Waals surface area (Å²) in [5, 5.41) is 12.0. The number of nitrogens with two attached hydrogens (primary N) is 1. The Hall–Kier alpha value is -1.10. The number of nitrogens with one attached hydrogen (secondary N) is 1. The third-order valence-electron chi connectivity index (χ3n) is 4.92. The molecule has 0 bridgehead atoms. The number of hydrogen-bond donors (Lipinski definition) is 3. The summed E-state index contributed by atoms with van der Waals surface area (Å²) in [7, 11) is 0. The summed E-state index contributed by atoms with van der Waals surface area (Å²) in [6.45, 7) is 10.7. The smallest absolute Gasteiger partial charge is 0.303 e. The highest BCUT2D eigenvalue weighted by atomic mass is 16.4. The lowest BCUT2D eigenvalue weighted by atomic mass is 9.80. The summed E-state index contributed by atoms with van der Waals surface area (Å²) in [6.07, 6.45) is 3.07. The maximum atomic E-state index is 12.1. The van der Waals surface area contributed by atoms with E-state index in [2.05, 4.69) is 26.1 Å². The Kier molecular flexibility index (Phi) is 10.1. The van der Waals surface area contributed by atoms with Crippen molar-refractivity contribution in [3.63, 3.8) is 0 Å². The van der Waals surface area contributed by atoms with Gasteiger partial charge in [-0.2, -0.15) is 0 Å². The van der Waals surface area contributed by atoms with Gasteiger partial charge in [0.25, 0.3) is 0 Å². The number of hydrogen-bond acceptors (Lipinski definition) is 3. The van der Waals surface area contributed by atoms with Gasteiger partial charge >= 0.3 is 5.97 Å². The van der Waals surface area contributed by atoms with Crippen molar-refractivity contribution in [1.82, 2.24) is 5.32 Å². The van der Waals surface area contributed by atoms with Crippen LogP contribution in [0.5, 0.6) is 0 Å². The van der Waals surface area contributed by atoms with E-state index in [9.17, 15) is 9.59 Å². The minimum absolute atomic E-state index is 0.0628. The molecule has 130 valence electrons. The van der Waals surface area contributed by atoms with Gasteiger partial charge < -0.3 is 16.2 Å². The number of carboxylic acids is 1. The maximum Gasteiger partial charge on any atom is 0.303 e. The number of rotatable bonds is 11. The van der Waals surface area contributed by atoms with Crippen LogP contribution < -0.4 is 11.1 Å². The Morgan fingerprint density at radius 1 is 1.14 bits per heavy atom. The van der Waals surface area contributed by atoms with Gasteiger partial charge in [0.2, 0.25) is 5.91 Å². The van der Waals surface area contributed by atoms with Crippen LogP contribution in [-0.4, -0.2) is 29.6 Å².